The smallest absolute Gasteiger partial charge is 0.230 e. The van der Waals surface area contributed by atoms with Crippen molar-refractivity contribution in [3.8, 4) is 0 Å². The number of aromatic amines is 1. The Balaban J connectivity index is 1.57. The van der Waals surface area contributed by atoms with Gasteiger partial charge < -0.3 is 9.88 Å². The molecule has 3 aromatic rings. The summed E-state index contributed by atoms with van der Waals surface area (Å²) < 4.78 is 27.4. The van der Waals surface area contributed by atoms with Crippen molar-refractivity contribution >= 4 is 22.4 Å². The number of carbonyl (C=O) groups is 1. The van der Waals surface area contributed by atoms with Crippen LogP contribution in [0.1, 0.15) is 30.5 Å². The number of hydrogen-bond donors (Lipinski definition) is 1. The highest BCUT2D eigenvalue weighted by atomic mass is 19.2. The molecule has 4 nitrogen and oxygen atoms in total. The molecule has 2 atom stereocenters. The molecule has 1 aliphatic heterocycles. The quantitative estimate of drug-likeness (QED) is 0.628. The summed E-state index contributed by atoms with van der Waals surface area (Å²) >= 11 is 0. The highest BCUT2D eigenvalue weighted by molar-refractivity contribution is 5.99. The van der Waals surface area contributed by atoms with Gasteiger partial charge in [-0.25, -0.2) is 8.78 Å². The van der Waals surface area contributed by atoms with E-state index in [0.29, 0.717) is 31.7 Å². The summed E-state index contributed by atoms with van der Waals surface area (Å²) in [5.41, 5.74) is 5.37. The van der Waals surface area contributed by atoms with E-state index < -0.39 is 11.6 Å². The highest BCUT2D eigenvalue weighted by Gasteiger charge is 2.38. The molecule has 2 heterocycles. The summed E-state index contributed by atoms with van der Waals surface area (Å²) in [6, 6.07) is 10.4. The van der Waals surface area contributed by atoms with Crippen LogP contribution in [-0.2, 0) is 17.8 Å². The third kappa shape index (κ3) is 3.43. The largest absolute Gasteiger partial charge is 0.361 e. The van der Waals surface area contributed by atoms with Crippen molar-refractivity contribution in [2.24, 2.45) is 5.92 Å². The van der Waals surface area contributed by atoms with E-state index >= 15 is 0 Å². The number of hydrogen-bond acceptors (Lipinski definition) is 2. The average Bonchev–Trinajstić information content (AvgIpc) is 3.21. The summed E-state index contributed by atoms with van der Waals surface area (Å²) in [7, 11) is 0. The number of nitrogens with zero attached hydrogens (tertiary/aromatic N) is 2. The Morgan fingerprint density at radius 3 is 2.72 bits per heavy atom. The number of nitrogens with one attached hydrogen (secondary N) is 1. The van der Waals surface area contributed by atoms with Crippen molar-refractivity contribution in [2.75, 3.05) is 19.6 Å². The second-order valence-electron chi connectivity index (χ2n) is 8.68. The Kier molecular flexibility index (Phi) is 5.33. The maximum Gasteiger partial charge on any atom is 0.230 e. The zero-order chi connectivity index (χ0) is 22.4. The van der Waals surface area contributed by atoms with Crippen LogP contribution in [0.5, 0.6) is 0 Å². The molecule has 1 aliphatic carbocycles. The molecule has 32 heavy (non-hydrogen) atoms. The number of aromatic nitrogens is 1. The molecule has 1 amide bonds. The Bertz CT molecular complexity index is 1210. The van der Waals surface area contributed by atoms with E-state index in [2.05, 4.69) is 34.3 Å². The molecule has 0 saturated heterocycles. The SMILES string of the molecule is CCN(CC)C(=O)[C@@H]1C=C2c3cccc4[nH]cc(c34)C[C@H]2N(Cc2ccc(F)c(F)c2)C1. The fourth-order valence-electron chi connectivity index (χ4n) is 5.30. The topological polar surface area (TPSA) is 39.3 Å². The van der Waals surface area contributed by atoms with Gasteiger partial charge in [-0.05, 0) is 60.7 Å². The van der Waals surface area contributed by atoms with Crippen LogP contribution < -0.4 is 0 Å². The summed E-state index contributed by atoms with van der Waals surface area (Å²) in [6.45, 7) is 6.33. The summed E-state index contributed by atoms with van der Waals surface area (Å²) in [6.07, 6.45) is 5.03. The molecule has 0 radical (unpaired) electrons. The average molecular weight is 436 g/mol. The minimum Gasteiger partial charge on any atom is -0.361 e. The number of halogens is 2. The first-order valence-electron chi connectivity index (χ1n) is 11.3. The predicted molar refractivity (Wildman–Crippen MR) is 122 cm³/mol. The highest BCUT2D eigenvalue weighted by Crippen LogP contribution is 2.42. The molecule has 0 unspecified atom stereocenters. The zero-order valence-electron chi connectivity index (χ0n) is 18.4. The van der Waals surface area contributed by atoms with Crippen LogP contribution in [0.15, 0.2) is 48.7 Å². The van der Waals surface area contributed by atoms with Gasteiger partial charge in [0.25, 0.3) is 0 Å². The van der Waals surface area contributed by atoms with Crippen molar-refractivity contribution in [3.05, 3.63) is 77.0 Å². The van der Waals surface area contributed by atoms with Crippen LogP contribution in [0.3, 0.4) is 0 Å². The van der Waals surface area contributed by atoms with Gasteiger partial charge in [0.1, 0.15) is 0 Å². The number of rotatable bonds is 5. The molecule has 1 N–H and O–H groups in total. The zero-order valence-corrected chi connectivity index (χ0v) is 18.4. The van der Waals surface area contributed by atoms with Gasteiger partial charge in [0, 0.05) is 49.3 Å². The first kappa shape index (κ1) is 20.9. The van der Waals surface area contributed by atoms with E-state index in [4.69, 9.17) is 0 Å². The van der Waals surface area contributed by atoms with Gasteiger partial charge >= 0.3 is 0 Å². The normalized spacial score (nSPS) is 20.2. The lowest BCUT2D eigenvalue weighted by atomic mass is 9.79. The molecule has 166 valence electrons. The second kappa shape index (κ2) is 8.17. The molecule has 2 aliphatic rings. The van der Waals surface area contributed by atoms with Crippen LogP contribution in [0.25, 0.3) is 16.5 Å². The molecule has 1 aromatic heterocycles. The van der Waals surface area contributed by atoms with Crippen LogP contribution in [0, 0.1) is 17.6 Å². The Hall–Kier alpha value is -2.99. The summed E-state index contributed by atoms with van der Waals surface area (Å²) in [4.78, 5) is 20.8. The lowest BCUT2D eigenvalue weighted by Gasteiger charge is -2.42. The van der Waals surface area contributed by atoms with Gasteiger partial charge in [-0.1, -0.05) is 24.3 Å². The lowest BCUT2D eigenvalue weighted by Crippen LogP contribution is -2.49. The molecule has 0 spiro atoms. The molecule has 0 fully saturated rings. The van der Waals surface area contributed by atoms with Crippen molar-refractivity contribution < 1.29 is 13.6 Å². The van der Waals surface area contributed by atoms with Crippen LogP contribution >= 0.6 is 0 Å². The first-order chi connectivity index (χ1) is 15.5. The van der Waals surface area contributed by atoms with Crippen LogP contribution in [0.2, 0.25) is 0 Å². The number of H-pyrrole nitrogens is 1. The lowest BCUT2D eigenvalue weighted by molar-refractivity contribution is -0.134. The van der Waals surface area contributed by atoms with Crippen molar-refractivity contribution in [2.45, 2.75) is 32.9 Å². The fourth-order valence-corrected chi connectivity index (χ4v) is 5.30. The molecular formula is C26H27F2N3O. The maximum absolute atomic E-state index is 13.9. The second-order valence-corrected chi connectivity index (χ2v) is 8.68. The van der Waals surface area contributed by atoms with Crippen molar-refractivity contribution in [1.29, 1.82) is 0 Å². The molecule has 0 saturated carbocycles. The van der Waals surface area contributed by atoms with E-state index in [-0.39, 0.29) is 17.9 Å². The van der Waals surface area contributed by atoms with E-state index in [1.165, 1.54) is 23.1 Å². The maximum atomic E-state index is 13.9. The third-order valence-electron chi connectivity index (χ3n) is 6.89. The minimum absolute atomic E-state index is 0.0813. The van der Waals surface area contributed by atoms with E-state index in [1.54, 1.807) is 6.07 Å². The van der Waals surface area contributed by atoms with Gasteiger partial charge in [-0.3, -0.25) is 9.69 Å². The van der Waals surface area contributed by atoms with Gasteiger partial charge in [0.15, 0.2) is 11.6 Å². The number of carbonyl (C=O) groups excluding carboxylic acids is 1. The van der Waals surface area contributed by atoms with E-state index in [1.807, 2.05) is 24.8 Å². The van der Waals surface area contributed by atoms with E-state index in [9.17, 15) is 13.6 Å². The van der Waals surface area contributed by atoms with Crippen LogP contribution in [-0.4, -0.2) is 46.4 Å². The number of fused-ring (bicyclic) bond motifs is 2. The fraction of sp³-hybridized carbons (Fsp3) is 0.346. The van der Waals surface area contributed by atoms with Gasteiger partial charge in [-0.15, -0.1) is 0 Å². The van der Waals surface area contributed by atoms with Gasteiger partial charge in [-0.2, -0.15) is 0 Å². The number of benzene rings is 2. The Morgan fingerprint density at radius 1 is 1.16 bits per heavy atom. The predicted octanol–water partition coefficient (Wildman–Crippen LogP) is 4.75. The molecular weight excluding hydrogens is 408 g/mol. The molecule has 2 aromatic carbocycles. The van der Waals surface area contributed by atoms with Gasteiger partial charge in [0.05, 0.1) is 5.92 Å². The molecule has 6 heteroatoms. The summed E-state index contributed by atoms with van der Waals surface area (Å²) in [5.74, 6) is -1.85. The standard InChI is InChI=1S/C26H27F2N3O/c1-3-30(4-2)26(32)18-11-20-19-6-5-7-23-25(19)17(13-29-23)12-24(20)31(15-18)14-16-8-9-21(27)22(28)10-16/h5-11,13,18,24,29H,3-4,12,14-15H2,1-2H3/t18-,24-/m1/s1. The molecule has 0 bridgehead atoms. The van der Waals surface area contributed by atoms with Gasteiger partial charge in [0.2, 0.25) is 5.91 Å². The summed E-state index contributed by atoms with van der Waals surface area (Å²) in [5, 5.41) is 1.22. The Labute approximate surface area is 186 Å². The molecule has 5 rings (SSSR count). The number of amides is 1. The van der Waals surface area contributed by atoms with E-state index in [0.717, 1.165) is 23.1 Å². The third-order valence-corrected chi connectivity index (χ3v) is 6.89. The van der Waals surface area contributed by atoms with Crippen molar-refractivity contribution in [3.63, 3.8) is 0 Å². The van der Waals surface area contributed by atoms with Crippen molar-refractivity contribution in [1.82, 2.24) is 14.8 Å². The monoisotopic (exact) mass is 435 g/mol. The minimum atomic E-state index is -0.844. The first-order valence-corrected chi connectivity index (χ1v) is 11.3. The Morgan fingerprint density at radius 2 is 1.97 bits per heavy atom. The van der Waals surface area contributed by atoms with Crippen LogP contribution in [0.4, 0.5) is 8.78 Å².